The van der Waals surface area contributed by atoms with Crippen molar-refractivity contribution in [2.45, 2.75) is 12.8 Å². The van der Waals surface area contributed by atoms with Crippen LogP contribution in [0.5, 0.6) is 0 Å². The molecule has 2 aromatic rings. The molecule has 1 atom stereocenters. The van der Waals surface area contributed by atoms with Gasteiger partial charge in [-0.3, -0.25) is 4.79 Å². The molecule has 0 bridgehead atoms. The fourth-order valence-corrected chi connectivity index (χ4v) is 2.38. The van der Waals surface area contributed by atoms with Gasteiger partial charge in [0.25, 0.3) is 0 Å². The first kappa shape index (κ1) is 13.5. The first-order valence-electron chi connectivity index (χ1n) is 5.88. The molecule has 0 fully saturated rings. The number of aryl methyl sites for hydroxylation is 1. The first-order chi connectivity index (χ1) is 9.13. The molecule has 0 aliphatic heterocycles. The molecular weight excluding hydrogens is 302 g/mol. The van der Waals surface area contributed by atoms with Gasteiger partial charge in [0.15, 0.2) is 5.78 Å². The van der Waals surface area contributed by atoms with Gasteiger partial charge in [-0.25, -0.2) is 0 Å². The summed E-state index contributed by atoms with van der Waals surface area (Å²) in [6.45, 7) is 1.96. The van der Waals surface area contributed by atoms with Crippen molar-refractivity contribution in [1.82, 2.24) is 0 Å². The number of hydrogen-bond donors (Lipinski definition) is 0. The van der Waals surface area contributed by atoms with E-state index in [4.69, 9.17) is 0 Å². The molecule has 0 heterocycles. The number of Topliss-reactive ketones (excluding diaryl/α,β-unsaturated/α-hetero) is 1. The van der Waals surface area contributed by atoms with Gasteiger partial charge in [0.2, 0.25) is 0 Å². The molecule has 0 aromatic heterocycles. The molecule has 2 aromatic carbocycles. The van der Waals surface area contributed by atoms with Crippen LogP contribution in [-0.4, -0.2) is 5.78 Å². The highest BCUT2D eigenvalue weighted by molar-refractivity contribution is 9.10. The Bertz CT molecular complexity index is 641. The maximum absolute atomic E-state index is 12.4. The van der Waals surface area contributed by atoms with Gasteiger partial charge in [-0.1, -0.05) is 64.0 Å². The van der Waals surface area contributed by atoms with Crippen LogP contribution in [0.4, 0.5) is 0 Å². The van der Waals surface area contributed by atoms with Crippen molar-refractivity contribution in [2.75, 3.05) is 0 Å². The van der Waals surface area contributed by atoms with Gasteiger partial charge in [-0.15, -0.1) is 0 Å². The van der Waals surface area contributed by atoms with Crippen LogP contribution in [0, 0.1) is 18.3 Å². The Morgan fingerprint density at radius 3 is 2.37 bits per heavy atom. The number of carbonyl (C=O) groups excluding carboxylic acids is 1. The number of halogens is 1. The summed E-state index contributed by atoms with van der Waals surface area (Å²) >= 11 is 3.39. The van der Waals surface area contributed by atoms with Gasteiger partial charge >= 0.3 is 0 Å². The Hall–Kier alpha value is -1.92. The zero-order valence-corrected chi connectivity index (χ0v) is 12.0. The predicted molar refractivity (Wildman–Crippen MR) is 78.0 cm³/mol. The lowest BCUT2D eigenvalue weighted by Gasteiger charge is -2.10. The number of benzene rings is 2. The SMILES string of the molecule is Cc1ccc(C(=O)C(C#N)c2ccccc2Br)cc1. The van der Waals surface area contributed by atoms with Crippen molar-refractivity contribution in [3.8, 4) is 6.07 Å². The predicted octanol–water partition coefficient (Wildman–Crippen LogP) is 4.25. The van der Waals surface area contributed by atoms with E-state index in [0.717, 1.165) is 10.0 Å². The molecular formula is C16H12BrNO. The Labute approximate surface area is 120 Å². The van der Waals surface area contributed by atoms with E-state index in [-0.39, 0.29) is 5.78 Å². The molecule has 0 aliphatic rings. The average molecular weight is 314 g/mol. The molecule has 0 saturated carbocycles. The quantitative estimate of drug-likeness (QED) is 0.795. The molecule has 0 spiro atoms. The van der Waals surface area contributed by atoms with Gasteiger partial charge in [-0.2, -0.15) is 5.26 Å². The minimum absolute atomic E-state index is 0.172. The van der Waals surface area contributed by atoms with Gasteiger partial charge in [-0.05, 0) is 18.6 Å². The molecule has 0 N–H and O–H groups in total. The van der Waals surface area contributed by atoms with E-state index in [1.165, 1.54) is 0 Å². The van der Waals surface area contributed by atoms with Gasteiger partial charge in [0.05, 0.1) is 6.07 Å². The van der Waals surface area contributed by atoms with Crippen LogP contribution in [0.25, 0.3) is 0 Å². The van der Waals surface area contributed by atoms with E-state index in [1.54, 1.807) is 18.2 Å². The summed E-state index contributed by atoms with van der Waals surface area (Å²) in [5.74, 6) is -0.951. The van der Waals surface area contributed by atoms with Gasteiger partial charge in [0.1, 0.15) is 5.92 Å². The van der Waals surface area contributed by atoms with Crippen molar-refractivity contribution in [1.29, 1.82) is 5.26 Å². The van der Waals surface area contributed by atoms with Crippen LogP contribution in [0.3, 0.4) is 0 Å². The fourth-order valence-electron chi connectivity index (χ4n) is 1.86. The standard InChI is InChI=1S/C16H12BrNO/c1-11-6-8-12(9-7-11)16(19)14(10-18)13-4-2-3-5-15(13)17/h2-9,14H,1H3. The molecule has 2 nitrogen and oxygen atoms in total. The van der Waals surface area contributed by atoms with E-state index in [0.29, 0.717) is 11.1 Å². The number of carbonyl (C=O) groups is 1. The normalized spacial score (nSPS) is 11.6. The van der Waals surface area contributed by atoms with E-state index >= 15 is 0 Å². The summed E-state index contributed by atoms with van der Waals surface area (Å²) in [5.41, 5.74) is 2.36. The van der Waals surface area contributed by atoms with Crippen LogP contribution in [-0.2, 0) is 0 Å². The third kappa shape index (κ3) is 2.91. The highest BCUT2D eigenvalue weighted by atomic mass is 79.9. The number of rotatable bonds is 3. The fraction of sp³-hybridized carbons (Fsp3) is 0.125. The Morgan fingerprint density at radius 2 is 1.79 bits per heavy atom. The lowest BCUT2D eigenvalue weighted by Crippen LogP contribution is -2.11. The van der Waals surface area contributed by atoms with E-state index in [9.17, 15) is 10.1 Å². The van der Waals surface area contributed by atoms with Crippen LogP contribution in [0.2, 0.25) is 0 Å². The largest absolute Gasteiger partial charge is 0.292 e. The summed E-state index contributed by atoms with van der Waals surface area (Å²) in [7, 11) is 0. The smallest absolute Gasteiger partial charge is 0.184 e. The second-order valence-electron chi connectivity index (χ2n) is 4.31. The zero-order chi connectivity index (χ0) is 13.8. The lowest BCUT2D eigenvalue weighted by atomic mass is 9.91. The molecule has 0 saturated heterocycles. The molecule has 19 heavy (non-hydrogen) atoms. The van der Waals surface area contributed by atoms with Crippen molar-refractivity contribution in [3.63, 3.8) is 0 Å². The minimum atomic E-state index is -0.779. The molecule has 0 radical (unpaired) electrons. The minimum Gasteiger partial charge on any atom is -0.292 e. The molecule has 2 rings (SSSR count). The van der Waals surface area contributed by atoms with Crippen LogP contribution in [0.1, 0.15) is 27.4 Å². The van der Waals surface area contributed by atoms with Crippen LogP contribution < -0.4 is 0 Å². The number of nitrogens with zero attached hydrogens (tertiary/aromatic N) is 1. The highest BCUT2D eigenvalue weighted by Gasteiger charge is 2.23. The van der Waals surface area contributed by atoms with Gasteiger partial charge in [0, 0.05) is 10.0 Å². The molecule has 94 valence electrons. The first-order valence-corrected chi connectivity index (χ1v) is 6.67. The third-order valence-electron chi connectivity index (χ3n) is 2.94. The average Bonchev–Trinajstić information content (AvgIpc) is 2.42. The highest BCUT2D eigenvalue weighted by Crippen LogP contribution is 2.27. The maximum Gasteiger partial charge on any atom is 0.184 e. The second-order valence-corrected chi connectivity index (χ2v) is 5.17. The van der Waals surface area contributed by atoms with Crippen molar-refractivity contribution >= 4 is 21.7 Å². The molecule has 3 heteroatoms. The third-order valence-corrected chi connectivity index (χ3v) is 3.67. The summed E-state index contributed by atoms with van der Waals surface area (Å²) in [4.78, 5) is 12.4. The Kier molecular flexibility index (Phi) is 4.13. The lowest BCUT2D eigenvalue weighted by molar-refractivity contribution is 0.0978. The summed E-state index contributed by atoms with van der Waals surface area (Å²) in [6.07, 6.45) is 0. The Balaban J connectivity index is 2.38. The number of hydrogen-bond acceptors (Lipinski definition) is 2. The number of ketones is 1. The van der Waals surface area contributed by atoms with E-state index in [2.05, 4.69) is 22.0 Å². The van der Waals surface area contributed by atoms with Crippen molar-refractivity contribution < 1.29 is 4.79 Å². The summed E-state index contributed by atoms with van der Waals surface area (Å²) < 4.78 is 0.780. The number of nitriles is 1. The van der Waals surface area contributed by atoms with Crippen molar-refractivity contribution in [3.05, 3.63) is 69.7 Å². The monoisotopic (exact) mass is 313 g/mol. The zero-order valence-electron chi connectivity index (χ0n) is 10.4. The van der Waals surface area contributed by atoms with Crippen LogP contribution in [0.15, 0.2) is 53.0 Å². The Morgan fingerprint density at radius 1 is 1.16 bits per heavy atom. The van der Waals surface area contributed by atoms with Crippen LogP contribution >= 0.6 is 15.9 Å². The molecule has 1 unspecified atom stereocenters. The summed E-state index contributed by atoms with van der Waals surface area (Å²) in [5, 5.41) is 9.30. The maximum atomic E-state index is 12.4. The summed E-state index contributed by atoms with van der Waals surface area (Å²) in [6, 6.07) is 16.7. The van der Waals surface area contributed by atoms with Gasteiger partial charge < -0.3 is 0 Å². The molecule has 0 aliphatic carbocycles. The van der Waals surface area contributed by atoms with Crippen molar-refractivity contribution in [2.24, 2.45) is 0 Å². The van der Waals surface area contributed by atoms with E-state index in [1.807, 2.05) is 37.3 Å². The second kappa shape index (κ2) is 5.81. The molecule has 0 amide bonds. The van der Waals surface area contributed by atoms with E-state index < -0.39 is 5.92 Å². The topological polar surface area (TPSA) is 40.9 Å².